The number of carbonyl (C=O) groups is 2. The van der Waals surface area contributed by atoms with Crippen molar-refractivity contribution in [2.75, 3.05) is 5.32 Å². The molecular weight excluding hydrogens is 442 g/mol. The standard InChI is InChI=1S/C18H11BrF2N2O3S/c1-8-5-6-9(19)7-10(8)15-14(17(25)26)22-18(27-15)23-16(24)13-11(20)3-2-4-12(13)21/h2-7H,1H3,(H,25,26)(H,22,23,24). The van der Waals surface area contributed by atoms with Crippen molar-refractivity contribution < 1.29 is 23.5 Å². The monoisotopic (exact) mass is 452 g/mol. The number of hydrogen-bond donors (Lipinski definition) is 2. The molecule has 0 aliphatic carbocycles. The van der Waals surface area contributed by atoms with Crippen LogP contribution in [0.5, 0.6) is 0 Å². The molecule has 1 aromatic heterocycles. The summed E-state index contributed by atoms with van der Waals surface area (Å²) < 4.78 is 28.3. The van der Waals surface area contributed by atoms with Crippen LogP contribution in [0.15, 0.2) is 40.9 Å². The van der Waals surface area contributed by atoms with E-state index in [-0.39, 0.29) is 10.8 Å². The fraction of sp³-hybridized carbons (Fsp3) is 0.0556. The first-order valence-electron chi connectivity index (χ1n) is 7.54. The highest BCUT2D eigenvalue weighted by molar-refractivity contribution is 9.10. The van der Waals surface area contributed by atoms with Gasteiger partial charge in [-0.15, -0.1) is 0 Å². The van der Waals surface area contributed by atoms with Crippen molar-refractivity contribution in [3.63, 3.8) is 0 Å². The lowest BCUT2D eigenvalue weighted by atomic mass is 10.1. The predicted molar refractivity (Wildman–Crippen MR) is 101 cm³/mol. The molecule has 0 radical (unpaired) electrons. The van der Waals surface area contributed by atoms with E-state index in [4.69, 9.17) is 0 Å². The van der Waals surface area contributed by atoms with Gasteiger partial charge < -0.3 is 5.11 Å². The average molecular weight is 453 g/mol. The molecule has 0 aliphatic heterocycles. The minimum absolute atomic E-state index is 0.0746. The van der Waals surface area contributed by atoms with Crippen LogP contribution in [0.25, 0.3) is 10.4 Å². The molecule has 2 N–H and O–H groups in total. The number of halogens is 3. The Kier molecular flexibility index (Phi) is 5.33. The number of nitrogens with zero attached hydrogens (tertiary/aromatic N) is 1. The van der Waals surface area contributed by atoms with Crippen molar-refractivity contribution >= 4 is 44.3 Å². The Hall–Kier alpha value is -2.65. The molecule has 0 saturated heterocycles. The number of carboxylic acid groups (broad SMARTS) is 1. The summed E-state index contributed by atoms with van der Waals surface area (Å²) in [5, 5.41) is 11.6. The third-order valence-electron chi connectivity index (χ3n) is 3.68. The van der Waals surface area contributed by atoms with Crippen molar-refractivity contribution in [2.24, 2.45) is 0 Å². The van der Waals surface area contributed by atoms with Gasteiger partial charge in [-0.1, -0.05) is 39.4 Å². The number of aryl methyl sites for hydroxylation is 1. The first-order valence-corrected chi connectivity index (χ1v) is 9.15. The number of carbonyl (C=O) groups excluding carboxylic acids is 1. The smallest absolute Gasteiger partial charge is 0.356 e. The van der Waals surface area contributed by atoms with Crippen LogP contribution in [0.4, 0.5) is 13.9 Å². The van der Waals surface area contributed by atoms with Gasteiger partial charge in [-0.25, -0.2) is 18.6 Å². The maximum atomic E-state index is 13.8. The Morgan fingerprint density at radius 3 is 2.48 bits per heavy atom. The van der Waals surface area contributed by atoms with Gasteiger partial charge >= 0.3 is 5.97 Å². The van der Waals surface area contributed by atoms with Gasteiger partial charge in [0.15, 0.2) is 10.8 Å². The Morgan fingerprint density at radius 1 is 1.19 bits per heavy atom. The highest BCUT2D eigenvalue weighted by atomic mass is 79.9. The minimum atomic E-state index is -1.28. The Labute approximate surface area is 164 Å². The van der Waals surface area contributed by atoms with E-state index in [0.29, 0.717) is 10.4 Å². The molecule has 2 aromatic carbocycles. The van der Waals surface area contributed by atoms with Gasteiger partial charge in [0.25, 0.3) is 5.91 Å². The Balaban J connectivity index is 2.02. The average Bonchev–Trinajstić information content (AvgIpc) is 3.00. The maximum absolute atomic E-state index is 13.8. The summed E-state index contributed by atoms with van der Waals surface area (Å²) in [7, 11) is 0. The first kappa shape index (κ1) is 19.1. The fourth-order valence-electron chi connectivity index (χ4n) is 2.41. The van der Waals surface area contributed by atoms with Crippen LogP contribution in [0.1, 0.15) is 26.4 Å². The first-order chi connectivity index (χ1) is 12.8. The highest BCUT2D eigenvalue weighted by Crippen LogP contribution is 2.36. The number of amides is 1. The topological polar surface area (TPSA) is 79.3 Å². The fourth-order valence-corrected chi connectivity index (χ4v) is 3.81. The van der Waals surface area contributed by atoms with Gasteiger partial charge in [0.05, 0.1) is 4.88 Å². The van der Waals surface area contributed by atoms with Gasteiger partial charge in [-0.3, -0.25) is 10.1 Å². The molecule has 1 amide bonds. The zero-order valence-electron chi connectivity index (χ0n) is 13.7. The summed E-state index contributed by atoms with van der Waals surface area (Å²) in [4.78, 5) is 28.0. The number of carboxylic acids is 1. The quantitative estimate of drug-likeness (QED) is 0.576. The Bertz CT molecular complexity index is 1050. The summed E-state index contributed by atoms with van der Waals surface area (Å²) >= 11 is 4.24. The molecule has 9 heteroatoms. The lowest BCUT2D eigenvalue weighted by Crippen LogP contribution is -2.15. The summed E-state index contributed by atoms with van der Waals surface area (Å²) in [6.45, 7) is 1.81. The molecule has 0 spiro atoms. The predicted octanol–water partition coefficient (Wildman–Crippen LogP) is 5.11. The number of thiazole rings is 1. The third kappa shape index (κ3) is 3.88. The normalized spacial score (nSPS) is 10.7. The van der Waals surface area contributed by atoms with Crippen LogP contribution in [-0.2, 0) is 0 Å². The van der Waals surface area contributed by atoms with E-state index in [0.717, 1.165) is 39.6 Å². The maximum Gasteiger partial charge on any atom is 0.356 e. The molecule has 0 atom stereocenters. The molecule has 138 valence electrons. The molecule has 27 heavy (non-hydrogen) atoms. The van der Waals surface area contributed by atoms with Gasteiger partial charge in [0.1, 0.15) is 17.2 Å². The molecule has 0 fully saturated rings. The molecule has 0 saturated carbocycles. The second-order valence-electron chi connectivity index (χ2n) is 5.51. The number of hydrogen-bond acceptors (Lipinski definition) is 4. The van der Waals surface area contributed by atoms with E-state index in [1.165, 1.54) is 0 Å². The SMILES string of the molecule is Cc1ccc(Br)cc1-c1sc(NC(=O)c2c(F)cccc2F)nc1C(=O)O. The summed E-state index contributed by atoms with van der Waals surface area (Å²) in [5.41, 5.74) is 0.412. The minimum Gasteiger partial charge on any atom is -0.476 e. The van der Waals surface area contributed by atoms with Crippen LogP contribution >= 0.6 is 27.3 Å². The number of benzene rings is 2. The summed E-state index contributed by atoms with van der Waals surface area (Å²) in [5.74, 6) is -4.37. The summed E-state index contributed by atoms with van der Waals surface area (Å²) in [6.07, 6.45) is 0. The van der Waals surface area contributed by atoms with E-state index < -0.39 is 29.1 Å². The third-order valence-corrected chi connectivity index (χ3v) is 5.18. The molecule has 3 aromatic rings. The van der Waals surface area contributed by atoms with E-state index in [1.807, 2.05) is 6.07 Å². The number of anilines is 1. The number of nitrogens with one attached hydrogen (secondary N) is 1. The van der Waals surface area contributed by atoms with E-state index in [2.05, 4.69) is 26.2 Å². The largest absolute Gasteiger partial charge is 0.476 e. The van der Waals surface area contributed by atoms with Crippen molar-refractivity contribution in [1.29, 1.82) is 0 Å². The number of aromatic carboxylic acids is 1. The van der Waals surface area contributed by atoms with Crippen LogP contribution < -0.4 is 5.32 Å². The zero-order valence-corrected chi connectivity index (χ0v) is 16.1. The Morgan fingerprint density at radius 2 is 1.85 bits per heavy atom. The van der Waals surface area contributed by atoms with Gasteiger partial charge in [-0.2, -0.15) is 0 Å². The number of aromatic nitrogens is 1. The molecule has 0 aliphatic rings. The van der Waals surface area contributed by atoms with E-state index >= 15 is 0 Å². The van der Waals surface area contributed by atoms with Crippen molar-refractivity contribution in [3.8, 4) is 10.4 Å². The molecular formula is C18H11BrF2N2O3S. The van der Waals surface area contributed by atoms with E-state index in [1.54, 1.807) is 19.1 Å². The van der Waals surface area contributed by atoms with Crippen LogP contribution in [-0.4, -0.2) is 22.0 Å². The molecule has 0 bridgehead atoms. The second-order valence-corrected chi connectivity index (χ2v) is 7.43. The van der Waals surface area contributed by atoms with Gasteiger partial charge in [0, 0.05) is 4.47 Å². The lowest BCUT2D eigenvalue weighted by Gasteiger charge is -2.05. The van der Waals surface area contributed by atoms with Gasteiger partial charge in [-0.05, 0) is 42.3 Å². The van der Waals surface area contributed by atoms with Crippen LogP contribution in [0.2, 0.25) is 0 Å². The zero-order chi connectivity index (χ0) is 19.7. The van der Waals surface area contributed by atoms with Crippen molar-refractivity contribution in [1.82, 2.24) is 4.98 Å². The number of rotatable bonds is 4. The molecule has 1 heterocycles. The van der Waals surface area contributed by atoms with Crippen LogP contribution in [0, 0.1) is 18.6 Å². The van der Waals surface area contributed by atoms with Crippen molar-refractivity contribution in [2.45, 2.75) is 6.92 Å². The molecule has 0 unspecified atom stereocenters. The highest BCUT2D eigenvalue weighted by Gasteiger charge is 2.23. The lowest BCUT2D eigenvalue weighted by molar-refractivity contribution is 0.0692. The van der Waals surface area contributed by atoms with Crippen LogP contribution in [0.3, 0.4) is 0 Å². The summed E-state index contributed by atoms with van der Waals surface area (Å²) in [6, 6.07) is 8.40. The second kappa shape index (κ2) is 7.53. The van der Waals surface area contributed by atoms with Gasteiger partial charge in [0.2, 0.25) is 0 Å². The van der Waals surface area contributed by atoms with E-state index in [9.17, 15) is 23.5 Å². The molecule has 3 rings (SSSR count). The molecule has 5 nitrogen and oxygen atoms in total. The van der Waals surface area contributed by atoms with Crippen molar-refractivity contribution in [3.05, 3.63) is 69.3 Å².